The van der Waals surface area contributed by atoms with Gasteiger partial charge in [-0.05, 0) is 42.0 Å². The summed E-state index contributed by atoms with van der Waals surface area (Å²) in [4.78, 5) is 34.7. The number of anilines is 1. The standard InChI is InChI=1S/C19H20FN3O3/c1-13(24)23-17-8-4-15(5-9-17)19(26)22-11-10-21-18(25)12-14-2-6-16(20)7-3-14/h2-9H,10-12H2,1H3,(H,21,25)(H,22,26)(H,23,24). The second-order valence-electron chi connectivity index (χ2n) is 5.67. The first-order valence-corrected chi connectivity index (χ1v) is 8.11. The zero-order valence-electron chi connectivity index (χ0n) is 14.3. The van der Waals surface area contributed by atoms with Crippen LogP contribution in [0.5, 0.6) is 0 Å². The maximum Gasteiger partial charge on any atom is 0.251 e. The first-order valence-electron chi connectivity index (χ1n) is 8.11. The van der Waals surface area contributed by atoms with Crippen LogP contribution in [0.25, 0.3) is 0 Å². The number of carbonyl (C=O) groups is 3. The Morgan fingerprint density at radius 2 is 1.50 bits per heavy atom. The Labute approximate surface area is 150 Å². The molecule has 0 atom stereocenters. The maximum absolute atomic E-state index is 12.8. The quantitative estimate of drug-likeness (QED) is 0.661. The molecule has 0 aliphatic rings. The van der Waals surface area contributed by atoms with Crippen LogP contribution in [0.4, 0.5) is 10.1 Å². The number of halogens is 1. The van der Waals surface area contributed by atoms with Crippen molar-refractivity contribution in [2.24, 2.45) is 0 Å². The molecule has 6 nitrogen and oxygen atoms in total. The van der Waals surface area contributed by atoms with Crippen molar-refractivity contribution < 1.29 is 18.8 Å². The van der Waals surface area contributed by atoms with Gasteiger partial charge in [-0.25, -0.2) is 4.39 Å². The summed E-state index contributed by atoms with van der Waals surface area (Å²) in [6.45, 7) is 1.97. The molecular formula is C19H20FN3O3. The summed E-state index contributed by atoms with van der Waals surface area (Å²) in [5.74, 6) is -1.00. The van der Waals surface area contributed by atoms with Gasteiger partial charge in [-0.2, -0.15) is 0 Å². The highest BCUT2D eigenvalue weighted by molar-refractivity contribution is 5.95. The van der Waals surface area contributed by atoms with Gasteiger partial charge in [0.25, 0.3) is 5.91 Å². The second-order valence-corrected chi connectivity index (χ2v) is 5.67. The van der Waals surface area contributed by atoms with Crippen LogP contribution < -0.4 is 16.0 Å². The van der Waals surface area contributed by atoms with E-state index in [1.807, 2.05) is 0 Å². The average Bonchev–Trinajstić information content (AvgIpc) is 2.60. The van der Waals surface area contributed by atoms with Gasteiger partial charge in [0.2, 0.25) is 11.8 Å². The fourth-order valence-corrected chi connectivity index (χ4v) is 2.24. The molecule has 0 radical (unpaired) electrons. The van der Waals surface area contributed by atoms with Gasteiger partial charge in [0.15, 0.2) is 0 Å². The SMILES string of the molecule is CC(=O)Nc1ccc(C(=O)NCCNC(=O)Cc2ccc(F)cc2)cc1. The minimum Gasteiger partial charge on any atom is -0.354 e. The third kappa shape index (κ3) is 6.35. The molecule has 2 aromatic carbocycles. The van der Waals surface area contributed by atoms with Gasteiger partial charge in [-0.15, -0.1) is 0 Å². The molecule has 2 rings (SSSR count). The number of hydrogen-bond acceptors (Lipinski definition) is 3. The van der Waals surface area contributed by atoms with Gasteiger partial charge in [0, 0.05) is 31.3 Å². The molecule has 0 bridgehead atoms. The van der Waals surface area contributed by atoms with Gasteiger partial charge < -0.3 is 16.0 Å². The van der Waals surface area contributed by atoms with Crippen molar-refractivity contribution >= 4 is 23.4 Å². The summed E-state index contributed by atoms with van der Waals surface area (Å²) in [6.07, 6.45) is 0.152. The lowest BCUT2D eigenvalue weighted by Crippen LogP contribution is -2.35. The molecule has 0 spiro atoms. The topological polar surface area (TPSA) is 87.3 Å². The molecule has 2 aromatic rings. The van der Waals surface area contributed by atoms with E-state index in [1.165, 1.54) is 19.1 Å². The van der Waals surface area contributed by atoms with Gasteiger partial charge in [-0.1, -0.05) is 12.1 Å². The highest BCUT2D eigenvalue weighted by atomic mass is 19.1. The van der Waals surface area contributed by atoms with Crippen LogP contribution in [0.2, 0.25) is 0 Å². The minimum atomic E-state index is -0.345. The van der Waals surface area contributed by atoms with E-state index < -0.39 is 0 Å². The van der Waals surface area contributed by atoms with Gasteiger partial charge >= 0.3 is 0 Å². The highest BCUT2D eigenvalue weighted by Gasteiger charge is 2.06. The van der Waals surface area contributed by atoms with Crippen LogP contribution >= 0.6 is 0 Å². The lowest BCUT2D eigenvalue weighted by Gasteiger charge is -2.08. The smallest absolute Gasteiger partial charge is 0.251 e. The molecule has 0 heterocycles. The lowest BCUT2D eigenvalue weighted by atomic mass is 10.1. The first kappa shape index (κ1) is 19.1. The Bertz CT molecular complexity index is 774. The molecule has 0 aliphatic heterocycles. The highest BCUT2D eigenvalue weighted by Crippen LogP contribution is 2.09. The van der Waals surface area contributed by atoms with E-state index in [4.69, 9.17) is 0 Å². The normalized spacial score (nSPS) is 10.1. The van der Waals surface area contributed by atoms with Crippen LogP contribution in [0.15, 0.2) is 48.5 Å². The van der Waals surface area contributed by atoms with E-state index in [1.54, 1.807) is 36.4 Å². The molecule has 7 heteroatoms. The van der Waals surface area contributed by atoms with Crippen molar-refractivity contribution in [3.05, 3.63) is 65.5 Å². The predicted octanol–water partition coefficient (Wildman–Crippen LogP) is 1.87. The molecule has 3 amide bonds. The first-order chi connectivity index (χ1) is 12.4. The Hall–Kier alpha value is -3.22. The molecule has 0 aromatic heterocycles. The number of nitrogens with one attached hydrogen (secondary N) is 3. The van der Waals surface area contributed by atoms with Crippen molar-refractivity contribution in [2.45, 2.75) is 13.3 Å². The van der Waals surface area contributed by atoms with E-state index >= 15 is 0 Å². The summed E-state index contributed by atoms with van der Waals surface area (Å²) in [6, 6.07) is 12.2. The average molecular weight is 357 g/mol. The largest absolute Gasteiger partial charge is 0.354 e. The predicted molar refractivity (Wildman–Crippen MR) is 96.2 cm³/mol. The zero-order chi connectivity index (χ0) is 18.9. The van der Waals surface area contributed by atoms with Crippen molar-refractivity contribution in [1.82, 2.24) is 10.6 Å². The number of benzene rings is 2. The van der Waals surface area contributed by atoms with Crippen molar-refractivity contribution in [1.29, 1.82) is 0 Å². The Morgan fingerprint density at radius 1 is 0.885 bits per heavy atom. The summed E-state index contributed by atoms with van der Waals surface area (Å²) in [5, 5.41) is 8.00. The van der Waals surface area contributed by atoms with Gasteiger partial charge in [-0.3, -0.25) is 14.4 Å². The molecule has 3 N–H and O–H groups in total. The van der Waals surface area contributed by atoms with E-state index in [0.717, 1.165) is 0 Å². The lowest BCUT2D eigenvalue weighted by molar-refractivity contribution is -0.120. The Balaban J connectivity index is 1.70. The Morgan fingerprint density at radius 3 is 2.12 bits per heavy atom. The molecule has 0 fully saturated rings. The molecule has 26 heavy (non-hydrogen) atoms. The molecule has 0 saturated heterocycles. The molecule has 0 aliphatic carbocycles. The van der Waals surface area contributed by atoms with Crippen molar-refractivity contribution in [3.8, 4) is 0 Å². The van der Waals surface area contributed by atoms with Crippen molar-refractivity contribution in [2.75, 3.05) is 18.4 Å². The third-order valence-electron chi connectivity index (χ3n) is 3.48. The third-order valence-corrected chi connectivity index (χ3v) is 3.48. The Kier molecular flexibility index (Phi) is 6.84. The van der Waals surface area contributed by atoms with E-state index in [9.17, 15) is 18.8 Å². The van der Waals surface area contributed by atoms with Crippen LogP contribution in [0, 0.1) is 5.82 Å². The van der Waals surface area contributed by atoms with Crippen molar-refractivity contribution in [3.63, 3.8) is 0 Å². The number of rotatable bonds is 7. The number of carbonyl (C=O) groups excluding carboxylic acids is 3. The van der Waals surface area contributed by atoms with Crippen LogP contribution in [0.3, 0.4) is 0 Å². The summed E-state index contributed by atoms with van der Waals surface area (Å²) >= 11 is 0. The monoisotopic (exact) mass is 357 g/mol. The zero-order valence-corrected chi connectivity index (χ0v) is 14.3. The summed E-state index contributed by atoms with van der Waals surface area (Å²) < 4.78 is 12.8. The molecule has 136 valence electrons. The minimum absolute atomic E-state index is 0.152. The maximum atomic E-state index is 12.8. The molecule has 0 unspecified atom stereocenters. The fourth-order valence-electron chi connectivity index (χ4n) is 2.24. The molecule has 0 saturated carbocycles. The van der Waals surface area contributed by atoms with Crippen LogP contribution in [0.1, 0.15) is 22.8 Å². The number of amides is 3. The van der Waals surface area contributed by atoms with Gasteiger partial charge in [0.05, 0.1) is 6.42 Å². The van der Waals surface area contributed by atoms with E-state index in [2.05, 4.69) is 16.0 Å². The van der Waals surface area contributed by atoms with E-state index in [-0.39, 0.29) is 43.0 Å². The summed E-state index contributed by atoms with van der Waals surface area (Å²) in [7, 11) is 0. The number of hydrogen-bond donors (Lipinski definition) is 3. The van der Waals surface area contributed by atoms with E-state index in [0.29, 0.717) is 16.8 Å². The van der Waals surface area contributed by atoms with Crippen LogP contribution in [-0.4, -0.2) is 30.8 Å². The second kappa shape index (κ2) is 9.31. The van der Waals surface area contributed by atoms with Gasteiger partial charge in [0.1, 0.15) is 5.82 Å². The molecular weight excluding hydrogens is 337 g/mol. The van der Waals surface area contributed by atoms with Crippen LogP contribution in [-0.2, 0) is 16.0 Å². The fraction of sp³-hybridized carbons (Fsp3) is 0.211. The summed E-state index contributed by atoms with van der Waals surface area (Å²) in [5.41, 5.74) is 1.78.